The van der Waals surface area contributed by atoms with Gasteiger partial charge in [0.15, 0.2) is 0 Å². The molecule has 0 fully saturated rings. The second-order valence-electron chi connectivity index (χ2n) is 3.09. The van der Waals surface area contributed by atoms with Crippen molar-refractivity contribution in [1.29, 1.82) is 0 Å². The summed E-state index contributed by atoms with van der Waals surface area (Å²) >= 11 is 1.15. The van der Waals surface area contributed by atoms with Gasteiger partial charge >= 0.3 is 0 Å². The molecule has 0 atom stereocenters. The van der Waals surface area contributed by atoms with Gasteiger partial charge in [-0.1, -0.05) is 41.7 Å². The van der Waals surface area contributed by atoms with Crippen LogP contribution in [0.15, 0.2) is 35.8 Å². The average molecular weight is 255 g/mol. The van der Waals surface area contributed by atoms with E-state index in [-0.39, 0.29) is 10.9 Å². The third-order valence-corrected chi connectivity index (χ3v) is 3.76. The monoisotopic (exact) mass is 255 g/mol. The minimum Gasteiger partial charge on any atom is -0.257 e. The molecule has 1 aromatic carbocycles. The number of hydrogen-bond donors (Lipinski definition) is 1. The van der Waals surface area contributed by atoms with E-state index >= 15 is 0 Å². The van der Waals surface area contributed by atoms with Crippen molar-refractivity contribution in [3.8, 4) is 0 Å². The minimum atomic E-state index is -3.40. The number of nitrogens with zero attached hydrogens (tertiary/aromatic N) is 2. The maximum Gasteiger partial charge on any atom is 0.238 e. The summed E-state index contributed by atoms with van der Waals surface area (Å²) in [5, 5.41) is 7.46. The molecule has 0 aliphatic carbocycles. The number of sulfonamides is 1. The topological polar surface area (TPSA) is 72.0 Å². The van der Waals surface area contributed by atoms with Crippen LogP contribution < -0.4 is 4.72 Å². The van der Waals surface area contributed by atoms with Gasteiger partial charge in [0.1, 0.15) is 5.51 Å². The van der Waals surface area contributed by atoms with Gasteiger partial charge in [0.05, 0.1) is 5.75 Å². The van der Waals surface area contributed by atoms with Crippen LogP contribution in [-0.2, 0) is 15.8 Å². The molecule has 2 rings (SSSR count). The van der Waals surface area contributed by atoms with Gasteiger partial charge in [-0.15, -0.1) is 10.2 Å². The largest absolute Gasteiger partial charge is 0.257 e. The summed E-state index contributed by atoms with van der Waals surface area (Å²) in [7, 11) is -3.40. The molecule has 0 aliphatic heterocycles. The Labute approximate surface area is 97.2 Å². The normalized spacial score (nSPS) is 11.2. The Morgan fingerprint density at radius 2 is 2.00 bits per heavy atom. The molecule has 0 saturated heterocycles. The molecule has 1 heterocycles. The molecule has 1 N–H and O–H groups in total. The fourth-order valence-corrected chi connectivity index (χ4v) is 3.05. The van der Waals surface area contributed by atoms with Gasteiger partial charge in [0.25, 0.3) is 0 Å². The molecule has 0 bridgehead atoms. The lowest BCUT2D eigenvalue weighted by Gasteiger charge is -2.04. The summed E-state index contributed by atoms with van der Waals surface area (Å²) in [5.41, 5.74) is 2.21. The third-order valence-electron chi connectivity index (χ3n) is 1.80. The standard InChI is InChI=1S/C9H9N3O2S2/c13-16(14,12-9-11-10-7-15-9)6-8-4-2-1-3-5-8/h1-5,7H,6H2,(H,11,12). The predicted molar refractivity (Wildman–Crippen MR) is 62.6 cm³/mol. The molecule has 0 saturated carbocycles. The van der Waals surface area contributed by atoms with Crippen molar-refractivity contribution in [2.75, 3.05) is 4.72 Å². The zero-order valence-electron chi connectivity index (χ0n) is 8.20. The van der Waals surface area contributed by atoms with Gasteiger partial charge in [0, 0.05) is 0 Å². The maximum atomic E-state index is 11.7. The van der Waals surface area contributed by atoms with Crippen LogP contribution in [0.1, 0.15) is 5.56 Å². The summed E-state index contributed by atoms with van der Waals surface area (Å²) in [6.45, 7) is 0. The SMILES string of the molecule is O=S(=O)(Cc1ccccc1)Nc1nncs1. The van der Waals surface area contributed by atoms with Crippen molar-refractivity contribution in [3.63, 3.8) is 0 Å². The van der Waals surface area contributed by atoms with Crippen molar-refractivity contribution in [3.05, 3.63) is 41.4 Å². The second-order valence-corrected chi connectivity index (χ2v) is 5.65. The maximum absolute atomic E-state index is 11.7. The number of anilines is 1. The van der Waals surface area contributed by atoms with Crippen LogP contribution in [0.3, 0.4) is 0 Å². The molecule has 0 spiro atoms. The Kier molecular flexibility index (Phi) is 3.16. The lowest BCUT2D eigenvalue weighted by Crippen LogP contribution is -2.14. The van der Waals surface area contributed by atoms with E-state index < -0.39 is 10.0 Å². The van der Waals surface area contributed by atoms with Crippen molar-refractivity contribution >= 4 is 26.5 Å². The fourth-order valence-electron chi connectivity index (χ4n) is 1.18. The predicted octanol–water partition coefficient (Wildman–Crippen LogP) is 1.48. The minimum absolute atomic E-state index is 0.0621. The van der Waals surface area contributed by atoms with E-state index in [0.717, 1.165) is 16.9 Å². The first-order valence-electron chi connectivity index (χ1n) is 4.46. The van der Waals surface area contributed by atoms with E-state index in [9.17, 15) is 8.42 Å². The zero-order chi connectivity index (χ0) is 11.4. The second kappa shape index (κ2) is 4.58. The molecule has 16 heavy (non-hydrogen) atoms. The molecule has 0 radical (unpaired) electrons. The number of hydrogen-bond acceptors (Lipinski definition) is 5. The summed E-state index contributed by atoms with van der Waals surface area (Å²) in [6, 6.07) is 8.97. The Hall–Kier alpha value is -1.47. The molecular formula is C9H9N3O2S2. The lowest BCUT2D eigenvalue weighted by molar-refractivity contribution is 0.600. The number of aromatic nitrogens is 2. The fraction of sp³-hybridized carbons (Fsp3) is 0.111. The highest BCUT2D eigenvalue weighted by Gasteiger charge is 2.12. The zero-order valence-corrected chi connectivity index (χ0v) is 9.83. The van der Waals surface area contributed by atoms with Crippen molar-refractivity contribution in [2.45, 2.75) is 5.75 Å². The first-order valence-corrected chi connectivity index (χ1v) is 6.99. The molecule has 0 amide bonds. The van der Waals surface area contributed by atoms with Crippen molar-refractivity contribution < 1.29 is 8.42 Å². The molecule has 0 aliphatic rings. The van der Waals surface area contributed by atoms with Gasteiger partial charge in [-0.25, -0.2) is 8.42 Å². The van der Waals surface area contributed by atoms with Gasteiger partial charge in [-0.2, -0.15) is 0 Å². The third kappa shape index (κ3) is 3.01. The van der Waals surface area contributed by atoms with Crippen LogP contribution in [0.25, 0.3) is 0 Å². The molecule has 1 aromatic heterocycles. The van der Waals surface area contributed by atoms with Crippen molar-refractivity contribution in [2.24, 2.45) is 0 Å². The first-order chi connectivity index (χ1) is 7.66. The van der Waals surface area contributed by atoms with E-state index in [1.54, 1.807) is 24.3 Å². The number of benzene rings is 1. The van der Waals surface area contributed by atoms with Crippen LogP contribution in [0, 0.1) is 0 Å². The summed E-state index contributed by atoms with van der Waals surface area (Å²) < 4.78 is 25.8. The van der Waals surface area contributed by atoms with E-state index in [0.29, 0.717) is 0 Å². The highest BCUT2D eigenvalue weighted by atomic mass is 32.2. The highest BCUT2D eigenvalue weighted by Crippen LogP contribution is 2.13. The van der Waals surface area contributed by atoms with E-state index in [1.807, 2.05) is 6.07 Å². The number of rotatable bonds is 4. The average Bonchev–Trinajstić information content (AvgIpc) is 2.70. The van der Waals surface area contributed by atoms with Crippen LogP contribution in [-0.4, -0.2) is 18.6 Å². The van der Waals surface area contributed by atoms with Gasteiger partial charge < -0.3 is 0 Å². The van der Waals surface area contributed by atoms with E-state index in [1.165, 1.54) is 5.51 Å². The van der Waals surface area contributed by atoms with Crippen LogP contribution in [0.4, 0.5) is 5.13 Å². The van der Waals surface area contributed by atoms with Gasteiger partial charge in [-0.3, -0.25) is 4.72 Å². The molecule has 84 valence electrons. The Bertz CT molecular complexity index is 537. The van der Waals surface area contributed by atoms with Crippen molar-refractivity contribution in [1.82, 2.24) is 10.2 Å². The van der Waals surface area contributed by atoms with E-state index in [2.05, 4.69) is 14.9 Å². The Balaban J connectivity index is 2.09. The first kappa shape index (κ1) is 11.0. The summed E-state index contributed by atoms with van der Waals surface area (Å²) in [4.78, 5) is 0. The lowest BCUT2D eigenvalue weighted by atomic mass is 10.2. The van der Waals surface area contributed by atoms with Crippen LogP contribution >= 0.6 is 11.3 Å². The summed E-state index contributed by atoms with van der Waals surface area (Å²) in [6.07, 6.45) is 0. The van der Waals surface area contributed by atoms with Gasteiger partial charge in [0.2, 0.25) is 15.2 Å². The molecule has 7 heteroatoms. The Morgan fingerprint density at radius 3 is 2.62 bits per heavy atom. The van der Waals surface area contributed by atoms with Crippen LogP contribution in [0.2, 0.25) is 0 Å². The highest BCUT2D eigenvalue weighted by molar-refractivity contribution is 7.92. The quantitative estimate of drug-likeness (QED) is 0.898. The molecular weight excluding hydrogens is 246 g/mol. The Morgan fingerprint density at radius 1 is 1.25 bits per heavy atom. The van der Waals surface area contributed by atoms with Gasteiger partial charge in [-0.05, 0) is 5.56 Å². The smallest absolute Gasteiger partial charge is 0.238 e. The van der Waals surface area contributed by atoms with Crippen LogP contribution in [0.5, 0.6) is 0 Å². The molecule has 2 aromatic rings. The van der Waals surface area contributed by atoms with E-state index in [4.69, 9.17) is 0 Å². The summed E-state index contributed by atoms with van der Waals surface area (Å²) in [5.74, 6) is -0.0621. The molecule has 0 unspecified atom stereocenters. The number of nitrogens with one attached hydrogen (secondary N) is 1. The molecule has 5 nitrogen and oxygen atoms in total.